The van der Waals surface area contributed by atoms with Gasteiger partial charge in [-0.3, -0.25) is 0 Å². The van der Waals surface area contributed by atoms with E-state index in [2.05, 4.69) is 26.2 Å². The van der Waals surface area contributed by atoms with Gasteiger partial charge < -0.3 is 25.0 Å². The normalized spacial score (nSPS) is 20.6. The third-order valence-corrected chi connectivity index (χ3v) is 5.30. The number of rotatable bonds is 8. The zero-order valence-corrected chi connectivity index (χ0v) is 15.1. The Balaban J connectivity index is 2.01. The highest BCUT2D eigenvalue weighted by molar-refractivity contribution is 5.47. The molecule has 0 saturated heterocycles. The number of nitrogens with two attached hydrogens (primary N) is 1. The smallest absolute Gasteiger partial charge is 0.163 e. The minimum atomic E-state index is 0.263. The zero-order valence-electron chi connectivity index (χ0n) is 15.1. The summed E-state index contributed by atoms with van der Waals surface area (Å²) >= 11 is 0. The molecule has 5 nitrogen and oxygen atoms in total. The number of hydrogen-bond acceptors (Lipinski definition) is 2. The summed E-state index contributed by atoms with van der Waals surface area (Å²) in [5, 5.41) is 12.6. The van der Waals surface area contributed by atoms with Crippen LogP contribution in [0.25, 0.3) is 0 Å². The Labute approximate surface area is 140 Å². The van der Waals surface area contributed by atoms with Crippen molar-refractivity contribution in [2.24, 2.45) is 0 Å². The second-order valence-electron chi connectivity index (χ2n) is 6.64. The molecule has 5 N–H and O–H groups in total. The summed E-state index contributed by atoms with van der Waals surface area (Å²) in [6.45, 7) is 11.5. The molecule has 0 radical (unpaired) electrons. The van der Waals surface area contributed by atoms with Crippen LogP contribution >= 0.6 is 0 Å². The van der Waals surface area contributed by atoms with Crippen LogP contribution in [0.5, 0.6) is 11.5 Å². The van der Waals surface area contributed by atoms with Crippen molar-refractivity contribution in [2.45, 2.75) is 26.3 Å². The maximum atomic E-state index is 10.1. The first kappa shape index (κ1) is 18.0. The molecule has 0 aromatic heterocycles. The molecule has 2 rings (SSSR count). The molecule has 0 fully saturated rings. The van der Waals surface area contributed by atoms with Crippen molar-refractivity contribution in [3.8, 4) is 11.5 Å². The van der Waals surface area contributed by atoms with E-state index in [1.54, 1.807) is 12.0 Å². The summed E-state index contributed by atoms with van der Waals surface area (Å²) in [7, 11) is 3.88. The molecule has 2 atom stereocenters. The van der Waals surface area contributed by atoms with E-state index in [4.69, 9.17) is 4.74 Å². The highest BCUT2D eigenvalue weighted by Gasteiger charge is 2.31. The Morgan fingerprint density at radius 2 is 2.09 bits per heavy atom. The summed E-state index contributed by atoms with van der Waals surface area (Å²) < 4.78 is 5.26. The van der Waals surface area contributed by atoms with E-state index in [9.17, 15) is 5.11 Å². The molecular formula is C18H34N3O2+3. The van der Waals surface area contributed by atoms with E-state index in [-0.39, 0.29) is 5.75 Å². The average Bonchev–Trinajstić information content (AvgIpc) is 2.56. The molecule has 1 aromatic rings. The summed E-state index contributed by atoms with van der Waals surface area (Å²) in [6, 6.07) is 4.39. The number of aromatic hydroxyl groups is 1. The highest BCUT2D eigenvalue weighted by Crippen LogP contribution is 2.32. The zero-order chi connectivity index (χ0) is 16.8. The van der Waals surface area contributed by atoms with E-state index < -0.39 is 0 Å². The topological polar surface area (TPSA) is 55.0 Å². The van der Waals surface area contributed by atoms with Gasteiger partial charge >= 0.3 is 0 Å². The summed E-state index contributed by atoms with van der Waals surface area (Å²) in [5.74, 6) is 0.856. The number of benzene rings is 1. The average molecular weight is 324 g/mol. The molecule has 0 spiro atoms. The van der Waals surface area contributed by atoms with Gasteiger partial charge in [0.1, 0.15) is 19.6 Å². The number of quaternary nitrogens is 3. The van der Waals surface area contributed by atoms with Gasteiger partial charge in [0.25, 0.3) is 0 Å². The molecule has 130 valence electrons. The van der Waals surface area contributed by atoms with Gasteiger partial charge in [-0.25, -0.2) is 0 Å². The lowest BCUT2D eigenvalue weighted by Crippen LogP contribution is -3.16. The van der Waals surface area contributed by atoms with E-state index in [1.807, 2.05) is 12.1 Å². The van der Waals surface area contributed by atoms with Crippen LogP contribution in [-0.4, -0.2) is 58.5 Å². The number of phenols is 1. The van der Waals surface area contributed by atoms with Gasteiger partial charge in [0.2, 0.25) is 0 Å². The van der Waals surface area contributed by atoms with Crippen molar-refractivity contribution in [3.05, 3.63) is 23.3 Å². The van der Waals surface area contributed by atoms with Crippen molar-refractivity contribution in [1.82, 2.24) is 0 Å². The SMILES string of the molecule is CC[NH+](CC)CC[NH2+]C[C@@H]1c2cc(O)c(OC)cc2CC[NH+]1C. The van der Waals surface area contributed by atoms with Gasteiger partial charge in [-0.15, -0.1) is 0 Å². The Morgan fingerprint density at radius 1 is 1.35 bits per heavy atom. The molecule has 1 unspecified atom stereocenters. The molecule has 1 aromatic carbocycles. The molecule has 23 heavy (non-hydrogen) atoms. The number of likely N-dealkylation sites (N-methyl/N-ethyl adjacent to an activating group) is 2. The Morgan fingerprint density at radius 3 is 2.74 bits per heavy atom. The van der Waals surface area contributed by atoms with E-state index >= 15 is 0 Å². The molecule has 0 saturated carbocycles. The molecule has 0 bridgehead atoms. The van der Waals surface area contributed by atoms with Crippen LogP contribution in [0.1, 0.15) is 31.0 Å². The predicted octanol–water partition coefficient (Wildman–Crippen LogP) is -2.00. The van der Waals surface area contributed by atoms with Gasteiger partial charge in [-0.1, -0.05) is 0 Å². The van der Waals surface area contributed by atoms with Crippen molar-refractivity contribution in [3.63, 3.8) is 0 Å². The fraction of sp³-hybridized carbons (Fsp3) is 0.667. The lowest BCUT2D eigenvalue weighted by atomic mass is 9.92. The van der Waals surface area contributed by atoms with Crippen LogP contribution in [0, 0.1) is 0 Å². The van der Waals surface area contributed by atoms with Crippen LogP contribution in [0.15, 0.2) is 12.1 Å². The molecular weight excluding hydrogens is 290 g/mol. The van der Waals surface area contributed by atoms with Crippen LogP contribution in [-0.2, 0) is 6.42 Å². The van der Waals surface area contributed by atoms with Crippen molar-refractivity contribution in [1.29, 1.82) is 0 Å². The lowest BCUT2D eigenvalue weighted by molar-refractivity contribution is -0.937. The molecule has 1 heterocycles. The summed E-state index contributed by atoms with van der Waals surface area (Å²) in [5.41, 5.74) is 2.62. The van der Waals surface area contributed by atoms with Gasteiger partial charge in [0, 0.05) is 12.0 Å². The number of methoxy groups -OCH3 is 1. The van der Waals surface area contributed by atoms with Crippen molar-refractivity contribution in [2.75, 3.05) is 53.4 Å². The fourth-order valence-electron chi connectivity index (χ4n) is 3.62. The van der Waals surface area contributed by atoms with Crippen molar-refractivity contribution >= 4 is 0 Å². The van der Waals surface area contributed by atoms with Gasteiger partial charge in [-0.2, -0.15) is 0 Å². The maximum absolute atomic E-state index is 10.1. The van der Waals surface area contributed by atoms with E-state index in [0.29, 0.717) is 11.8 Å². The second-order valence-corrected chi connectivity index (χ2v) is 6.64. The number of ether oxygens (including phenoxy) is 1. The third kappa shape index (κ3) is 4.37. The molecule has 1 aliphatic rings. The summed E-state index contributed by atoms with van der Waals surface area (Å²) in [4.78, 5) is 3.20. The first-order valence-corrected chi connectivity index (χ1v) is 8.97. The number of phenolic OH excluding ortho intramolecular Hbond substituents is 1. The second kappa shape index (κ2) is 8.52. The summed E-state index contributed by atoms with van der Waals surface area (Å²) in [6.07, 6.45) is 1.05. The van der Waals surface area contributed by atoms with E-state index in [1.165, 1.54) is 35.7 Å². The van der Waals surface area contributed by atoms with Gasteiger partial charge in [0.15, 0.2) is 17.5 Å². The lowest BCUT2D eigenvalue weighted by Gasteiger charge is -2.31. The maximum Gasteiger partial charge on any atom is 0.163 e. The quantitative estimate of drug-likeness (QED) is 0.418. The minimum Gasteiger partial charge on any atom is -0.504 e. The van der Waals surface area contributed by atoms with Crippen LogP contribution < -0.4 is 19.9 Å². The largest absolute Gasteiger partial charge is 0.504 e. The predicted molar refractivity (Wildman–Crippen MR) is 91.4 cm³/mol. The molecule has 0 aliphatic carbocycles. The Kier molecular flexibility index (Phi) is 6.69. The number of nitrogens with one attached hydrogen (secondary N) is 2. The number of hydrogen-bond donors (Lipinski definition) is 4. The molecule has 0 amide bonds. The molecule has 5 heteroatoms. The molecule has 1 aliphatic heterocycles. The van der Waals surface area contributed by atoms with Crippen LogP contribution in [0.2, 0.25) is 0 Å². The van der Waals surface area contributed by atoms with Crippen molar-refractivity contribution < 1.29 is 25.0 Å². The monoisotopic (exact) mass is 324 g/mol. The van der Waals surface area contributed by atoms with Gasteiger partial charge in [-0.05, 0) is 31.5 Å². The highest BCUT2D eigenvalue weighted by atomic mass is 16.5. The standard InChI is InChI=1S/C18H31N3O2/c1-5-21(6-2)10-8-19-13-16-15-12-17(22)18(23-4)11-14(15)7-9-20(16)3/h11-12,16,19,22H,5-10,13H2,1-4H3/p+3/t16-/m1/s1. The van der Waals surface area contributed by atoms with Gasteiger partial charge in [0.05, 0.1) is 33.8 Å². The Hall–Kier alpha value is -1.30. The Bertz CT molecular complexity index is 503. The van der Waals surface area contributed by atoms with E-state index in [0.717, 1.165) is 26.1 Å². The van der Waals surface area contributed by atoms with Crippen LogP contribution in [0.4, 0.5) is 0 Å². The number of fused-ring (bicyclic) bond motifs is 1. The first-order valence-electron chi connectivity index (χ1n) is 8.97. The fourth-order valence-corrected chi connectivity index (χ4v) is 3.62. The minimum absolute atomic E-state index is 0.263. The third-order valence-electron chi connectivity index (χ3n) is 5.30. The first-order chi connectivity index (χ1) is 11.1. The van der Waals surface area contributed by atoms with Crippen LogP contribution in [0.3, 0.4) is 0 Å².